The summed E-state index contributed by atoms with van der Waals surface area (Å²) >= 11 is 0. The van der Waals surface area contributed by atoms with Crippen LogP contribution in [-0.4, -0.2) is 31.6 Å². The molecule has 2 atom stereocenters. The van der Waals surface area contributed by atoms with E-state index in [0.717, 1.165) is 19.5 Å². The highest BCUT2D eigenvalue weighted by Crippen LogP contribution is 2.01. The van der Waals surface area contributed by atoms with E-state index < -0.39 is 0 Å². The Hall–Kier alpha value is -0.570. The minimum absolute atomic E-state index is 0.277. The molecule has 2 rings (SSSR count). The number of amides is 1. The first-order valence-electron chi connectivity index (χ1n) is 4.00. The maximum Gasteiger partial charge on any atom is 0.278 e. The van der Waals surface area contributed by atoms with Crippen LogP contribution in [0, 0.1) is 0 Å². The van der Waals surface area contributed by atoms with Crippen LogP contribution in [0.5, 0.6) is 0 Å². The van der Waals surface area contributed by atoms with Crippen molar-refractivity contribution in [3.05, 3.63) is 0 Å². The standard InChI is InChI=1S/C7H12N2O/c10-7-6-2-1-4-9(6)5-3-8-7/h6H,1-5H2,(H,8,10)/p+1/t6-/m0/s1. The molecular weight excluding hydrogens is 128 g/mol. The van der Waals surface area contributed by atoms with E-state index in [1.807, 2.05) is 0 Å². The van der Waals surface area contributed by atoms with Gasteiger partial charge in [-0.05, 0) is 0 Å². The van der Waals surface area contributed by atoms with Crippen molar-refractivity contribution in [3.63, 3.8) is 0 Å². The third-order valence-corrected chi connectivity index (χ3v) is 2.55. The molecule has 0 aliphatic carbocycles. The van der Waals surface area contributed by atoms with Crippen LogP contribution >= 0.6 is 0 Å². The highest BCUT2D eigenvalue weighted by Gasteiger charge is 2.36. The minimum Gasteiger partial charge on any atom is -0.345 e. The van der Waals surface area contributed by atoms with Gasteiger partial charge in [-0.25, -0.2) is 0 Å². The molecule has 0 spiro atoms. The Kier molecular flexibility index (Phi) is 1.38. The Bertz CT molecular complexity index is 158. The molecule has 3 nitrogen and oxygen atoms in total. The zero-order valence-corrected chi connectivity index (χ0v) is 6.02. The Labute approximate surface area is 60.4 Å². The maximum atomic E-state index is 11.1. The lowest BCUT2D eigenvalue weighted by molar-refractivity contribution is -0.904. The Morgan fingerprint density at radius 3 is 3.20 bits per heavy atom. The van der Waals surface area contributed by atoms with E-state index in [4.69, 9.17) is 0 Å². The second-order valence-electron chi connectivity index (χ2n) is 3.14. The van der Waals surface area contributed by atoms with E-state index in [1.165, 1.54) is 17.9 Å². The van der Waals surface area contributed by atoms with Crippen LogP contribution in [0.4, 0.5) is 0 Å². The molecule has 0 aromatic carbocycles. The lowest BCUT2D eigenvalue weighted by Crippen LogP contribution is -3.17. The van der Waals surface area contributed by atoms with E-state index >= 15 is 0 Å². The zero-order chi connectivity index (χ0) is 6.97. The van der Waals surface area contributed by atoms with Gasteiger partial charge >= 0.3 is 0 Å². The summed E-state index contributed by atoms with van der Waals surface area (Å²) in [6.45, 7) is 3.22. The average Bonchev–Trinajstić information content (AvgIpc) is 2.36. The van der Waals surface area contributed by atoms with E-state index in [9.17, 15) is 4.79 Å². The first-order valence-corrected chi connectivity index (χ1v) is 4.00. The van der Waals surface area contributed by atoms with Crippen LogP contribution in [0.2, 0.25) is 0 Å². The number of hydrogen-bond acceptors (Lipinski definition) is 1. The molecule has 0 radical (unpaired) electrons. The maximum absolute atomic E-state index is 11.1. The Balaban J connectivity index is 2.10. The molecule has 2 heterocycles. The van der Waals surface area contributed by atoms with Gasteiger partial charge in [-0.15, -0.1) is 0 Å². The highest BCUT2D eigenvalue weighted by atomic mass is 16.2. The molecule has 0 saturated carbocycles. The first-order chi connectivity index (χ1) is 4.88. The second-order valence-corrected chi connectivity index (χ2v) is 3.14. The van der Waals surface area contributed by atoms with Gasteiger partial charge in [0.1, 0.15) is 0 Å². The Morgan fingerprint density at radius 2 is 2.40 bits per heavy atom. The molecule has 3 heteroatoms. The first kappa shape index (κ1) is 6.16. The summed E-state index contributed by atoms with van der Waals surface area (Å²) in [5, 5.41) is 2.89. The fourth-order valence-corrected chi connectivity index (χ4v) is 2.00. The quantitative estimate of drug-likeness (QED) is 0.408. The molecule has 10 heavy (non-hydrogen) atoms. The van der Waals surface area contributed by atoms with Gasteiger partial charge < -0.3 is 10.2 Å². The monoisotopic (exact) mass is 141 g/mol. The summed E-state index contributed by atoms with van der Waals surface area (Å²) in [7, 11) is 0. The van der Waals surface area contributed by atoms with E-state index in [2.05, 4.69) is 5.32 Å². The Morgan fingerprint density at radius 1 is 1.50 bits per heavy atom. The van der Waals surface area contributed by atoms with Crippen molar-refractivity contribution in [2.75, 3.05) is 19.6 Å². The number of fused-ring (bicyclic) bond motifs is 1. The summed E-state index contributed by atoms with van der Waals surface area (Å²) in [6, 6.07) is 0.300. The summed E-state index contributed by atoms with van der Waals surface area (Å²) in [5.74, 6) is 0.277. The molecule has 2 fully saturated rings. The number of hydrogen-bond donors (Lipinski definition) is 2. The summed E-state index contributed by atoms with van der Waals surface area (Å²) in [6.07, 6.45) is 2.33. The third-order valence-electron chi connectivity index (χ3n) is 2.55. The van der Waals surface area contributed by atoms with Crippen molar-refractivity contribution >= 4 is 5.91 Å². The number of quaternary nitrogens is 1. The van der Waals surface area contributed by atoms with Crippen LogP contribution in [-0.2, 0) is 4.79 Å². The van der Waals surface area contributed by atoms with Gasteiger partial charge in [0.15, 0.2) is 6.04 Å². The van der Waals surface area contributed by atoms with Crippen LogP contribution in [0.15, 0.2) is 0 Å². The minimum atomic E-state index is 0.277. The van der Waals surface area contributed by atoms with Crippen molar-refractivity contribution in [2.24, 2.45) is 0 Å². The van der Waals surface area contributed by atoms with Gasteiger partial charge in [0.05, 0.1) is 19.6 Å². The molecule has 1 amide bonds. The number of piperazine rings is 1. The fraction of sp³-hybridized carbons (Fsp3) is 0.857. The van der Waals surface area contributed by atoms with Gasteiger partial charge in [-0.3, -0.25) is 4.79 Å². The smallest absolute Gasteiger partial charge is 0.278 e. The SMILES string of the molecule is O=C1NCC[NH+]2CCC[C@@H]12. The number of carbonyl (C=O) groups is 1. The van der Waals surface area contributed by atoms with Crippen molar-refractivity contribution in [1.29, 1.82) is 0 Å². The van der Waals surface area contributed by atoms with Gasteiger partial charge in [0, 0.05) is 12.8 Å². The van der Waals surface area contributed by atoms with Crippen LogP contribution in [0.3, 0.4) is 0 Å². The lowest BCUT2D eigenvalue weighted by Gasteiger charge is -2.25. The van der Waals surface area contributed by atoms with E-state index in [0.29, 0.717) is 6.04 Å². The molecule has 56 valence electrons. The molecule has 1 unspecified atom stereocenters. The lowest BCUT2D eigenvalue weighted by atomic mass is 10.2. The zero-order valence-electron chi connectivity index (χ0n) is 6.02. The van der Waals surface area contributed by atoms with Crippen LogP contribution in [0.25, 0.3) is 0 Å². The highest BCUT2D eigenvalue weighted by molar-refractivity contribution is 5.80. The van der Waals surface area contributed by atoms with Crippen LogP contribution in [0.1, 0.15) is 12.8 Å². The van der Waals surface area contributed by atoms with Crippen molar-refractivity contribution in [2.45, 2.75) is 18.9 Å². The molecule has 0 bridgehead atoms. The number of carbonyl (C=O) groups excluding carboxylic acids is 1. The largest absolute Gasteiger partial charge is 0.345 e. The summed E-state index contributed by atoms with van der Waals surface area (Å²) in [5.41, 5.74) is 0. The summed E-state index contributed by atoms with van der Waals surface area (Å²) in [4.78, 5) is 12.6. The third kappa shape index (κ3) is 0.814. The second kappa shape index (κ2) is 2.23. The van der Waals surface area contributed by atoms with E-state index in [-0.39, 0.29) is 5.91 Å². The molecule has 2 aliphatic heterocycles. The van der Waals surface area contributed by atoms with Crippen molar-refractivity contribution in [3.8, 4) is 0 Å². The van der Waals surface area contributed by atoms with Gasteiger partial charge in [0.25, 0.3) is 5.91 Å². The van der Waals surface area contributed by atoms with Gasteiger partial charge in [-0.2, -0.15) is 0 Å². The van der Waals surface area contributed by atoms with Gasteiger partial charge in [0.2, 0.25) is 0 Å². The predicted octanol–water partition coefficient (Wildman–Crippen LogP) is -1.84. The molecule has 2 saturated heterocycles. The summed E-state index contributed by atoms with van der Waals surface area (Å²) < 4.78 is 0. The molecule has 2 aliphatic rings. The van der Waals surface area contributed by atoms with Crippen molar-refractivity contribution < 1.29 is 9.69 Å². The van der Waals surface area contributed by atoms with Crippen LogP contribution < -0.4 is 10.2 Å². The molecule has 0 aromatic rings. The fourth-order valence-electron chi connectivity index (χ4n) is 2.00. The van der Waals surface area contributed by atoms with Gasteiger partial charge in [-0.1, -0.05) is 0 Å². The molecular formula is C7H13N2O+. The number of nitrogens with one attached hydrogen (secondary N) is 2. The predicted molar refractivity (Wildman–Crippen MR) is 36.7 cm³/mol. The van der Waals surface area contributed by atoms with E-state index in [1.54, 1.807) is 0 Å². The molecule has 0 aromatic heterocycles. The normalized spacial score (nSPS) is 39.0. The topological polar surface area (TPSA) is 33.5 Å². The number of rotatable bonds is 0. The van der Waals surface area contributed by atoms with Crippen molar-refractivity contribution in [1.82, 2.24) is 5.32 Å². The molecule has 2 N–H and O–H groups in total. The average molecular weight is 141 g/mol.